The van der Waals surface area contributed by atoms with Gasteiger partial charge in [0.15, 0.2) is 5.75 Å². The molecule has 1 N–H and O–H groups in total. The molecule has 2 rings (SSSR count). The Morgan fingerprint density at radius 2 is 2.15 bits per heavy atom. The summed E-state index contributed by atoms with van der Waals surface area (Å²) in [5.41, 5.74) is 3.54. The topological polar surface area (TPSA) is 93.8 Å². The first-order chi connectivity index (χ1) is 12.9. The number of carbonyl (C=O) groups excluding carboxylic acids is 1. The summed E-state index contributed by atoms with van der Waals surface area (Å²) in [5, 5.41) is 15.5. The molecule has 2 aromatic carbocycles. The summed E-state index contributed by atoms with van der Waals surface area (Å²) in [7, 11) is 1.36. The molecule has 0 saturated heterocycles. The number of thioether (sulfide) groups is 1. The van der Waals surface area contributed by atoms with Crippen LogP contribution in [-0.2, 0) is 11.2 Å². The van der Waals surface area contributed by atoms with Crippen LogP contribution in [0.4, 0.5) is 5.69 Å². The predicted molar refractivity (Wildman–Crippen MR) is 107 cm³/mol. The summed E-state index contributed by atoms with van der Waals surface area (Å²) in [5.74, 6) is 0.725. The minimum absolute atomic E-state index is 0.128. The molecule has 0 heterocycles. The van der Waals surface area contributed by atoms with E-state index in [1.54, 1.807) is 30.0 Å². The van der Waals surface area contributed by atoms with Gasteiger partial charge in [0, 0.05) is 21.5 Å². The summed E-state index contributed by atoms with van der Waals surface area (Å²) in [6, 6.07) is 9.83. The highest BCUT2D eigenvalue weighted by molar-refractivity contribution is 7.99. The molecule has 2 aromatic rings. The van der Waals surface area contributed by atoms with E-state index in [1.165, 1.54) is 25.5 Å². The second kappa shape index (κ2) is 9.94. The van der Waals surface area contributed by atoms with Gasteiger partial charge in [-0.25, -0.2) is 5.43 Å². The van der Waals surface area contributed by atoms with Crippen LogP contribution < -0.4 is 10.2 Å². The van der Waals surface area contributed by atoms with Crippen molar-refractivity contribution in [2.24, 2.45) is 5.10 Å². The first kappa shape index (κ1) is 20.7. The minimum Gasteiger partial charge on any atom is -0.490 e. The lowest BCUT2D eigenvalue weighted by atomic mass is 10.1. The third-order valence-corrected chi connectivity index (χ3v) is 4.71. The Kier molecular flexibility index (Phi) is 7.63. The monoisotopic (exact) mass is 407 g/mol. The lowest BCUT2D eigenvalue weighted by Crippen LogP contribution is -2.20. The Morgan fingerprint density at radius 1 is 1.37 bits per heavy atom. The summed E-state index contributed by atoms with van der Waals surface area (Å²) >= 11 is 7.64. The number of halogens is 1. The second-order valence-corrected chi connectivity index (χ2v) is 7.09. The van der Waals surface area contributed by atoms with E-state index in [0.717, 1.165) is 16.2 Å². The first-order valence-electron chi connectivity index (χ1n) is 8.00. The smallest absolute Gasteiger partial charge is 0.311 e. The number of nitro benzene ring substituents is 1. The van der Waals surface area contributed by atoms with Crippen LogP contribution in [0.2, 0.25) is 5.02 Å². The van der Waals surface area contributed by atoms with Gasteiger partial charge in [0.05, 0.1) is 24.7 Å². The fourth-order valence-corrected chi connectivity index (χ4v) is 3.29. The van der Waals surface area contributed by atoms with Gasteiger partial charge in [-0.1, -0.05) is 18.5 Å². The van der Waals surface area contributed by atoms with Crippen LogP contribution in [0.3, 0.4) is 0 Å². The molecule has 0 fully saturated rings. The van der Waals surface area contributed by atoms with Crippen LogP contribution in [-0.4, -0.2) is 29.9 Å². The number of hydrogen-bond donors (Lipinski definition) is 1. The average molecular weight is 408 g/mol. The Bertz CT molecular complexity index is 874. The van der Waals surface area contributed by atoms with Crippen LogP contribution in [0.1, 0.15) is 18.1 Å². The van der Waals surface area contributed by atoms with E-state index in [-0.39, 0.29) is 23.8 Å². The Morgan fingerprint density at radius 3 is 2.81 bits per heavy atom. The van der Waals surface area contributed by atoms with Crippen LogP contribution in [0.25, 0.3) is 0 Å². The summed E-state index contributed by atoms with van der Waals surface area (Å²) in [6.45, 7) is 2.03. The SMILES string of the molecule is CCSc1ccc(Cl)cc1CC(=O)N/N=C\c1ccc(OC)c([N+](=O)[O-])c1. The maximum Gasteiger partial charge on any atom is 0.311 e. The van der Waals surface area contributed by atoms with Crippen molar-refractivity contribution < 1.29 is 14.5 Å². The summed E-state index contributed by atoms with van der Waals surface area (Å²) in [4.78, 5) is 23.6. The van der Waals surface area contributed by atoms with Crippen LogP contribution in [0.15, 0.2) is 46.4 Å². The number of nitrogens with zero attached hydrogens (tertiary/aromatic N) is 2. The lowest BCUT2D eigenvalue weighted by molar-refractivity contribution is -0.385. The molecule has 0 aliphatic rings. The molecule has 0 unspecified atom stereocenters. The number of carbonyl (C=O) groups is 1. The zero-order valence-corrected chi connectivity index (χ0v) is 16.3. The molecule has 0 spiro atoms. The molecule has 7 nitrogen and oxygen atoms in total. The van der Waals surface area contributed by atoms with Crippen molar-refractivity contribution in [3.8, 4) is 5.75 Å². The molecule has 0 radical (unpaired) electrons. The van der Waals surface area contributed by atoms with Crippen LogP contribution >= 0.6 is 23.4 Å². The normalized spacial score (nSPS) is 10.8. The molecule has 142 valence electrons. The molecule has 9 heteroatoms. The number of amides is 1. The molecule has 0 atom stereocenters. The largest absolute Gasteiger partial charge is 0.490 e. The number of hydrazone groups is 1. The number of rotatable bonds is 8. The van der Waals surface area contributed by atoms with Crippen molar-refractivity contribution >= 4 is 41.2 Å². The molecular formula is C18H18ClN3O4S. The van der Waals surface area contributed by atoms with Crippen molar-refractivity contribution in [3.63, 3.8) is 0 Å². The standard InChI is InChI=1S/C18H18ClN3O4S/c1-3-27-17-7-5-14(19)9-13(17)10-18(23)21-20-11-12-4-6-16(26-2)15(8-12)22(24)25/h4-9,11H,3,10H2,1-2H3,(H,21,23)/b20-11-. The average Bonchev–Trinajstić information content (AvgIpc) is 2.64. The maximum absolute atomic E-state index is 12.1. The first-order valence-corrected chi connectivity index (χ1v) is 9.36. The van der Waals surface area contributed by atoms with Crippen molar-refractivity contribution in [1.29, 1.82) is 0 Å². The van der Waals surface area contributed by atoms with Gasteiger partial charge in [-0.2, -0.15) is 5.10 Å². The van der Waals surface area contributed by atoms with Crippen LogP contribution in [0, 0.1) is 10.1 Å². The lowest BCUT2D eigenvalue weighted by Gasteiger charge is -2.08. The molecule has 0 aliphatic heterocycles. The van der Waals surface area contributed by atoms with Crippen molar-refractivity contribution in [3.05, 3.63) is 62.7 Å². The Balaban J connectivity index is 2.05. The van der Waals surface area contributed by atoms with Gasteiger partial charge in [0.1, 0.15) is 0 Å². The number of benzene rings is 2. The number of hydrogen-bond acceptors (Lipinski definition) is 6. The van der Waals surface area contributed by atoms with Gasteiger partial charge in [-0.05, 0) is 41.6 Å². The Hall–Kier alpha value is -2.58. The van der Waals surface area contributed by atoms with Gasteiger partial charge < -0.3 is 4.74 Å². The van der Waals surface area contributed by atoms with E-state index in [1.807, 2.05) is 13.0 Å². The van der Waals surface area contributed by atoms with Crippen molar-refractivity contribution in [1.82, 2.24) is 5.43 Å². The van der Waals surface area contributed by atoms with Crippen molar-refractivity contribution in [2.45, 2.75) is 18.2 Å². The zero-order chi connectivity index (χ0) is 19.8. The van der Waals surface area contributed by atoms with Gasteiger partial charge in [-0.3, -0.25) is 14.9 Å². The second-order valence-electron chi connectivity index (χ2n) is 5.34. The quantitative estimate of drug-likeness (QED) is 0.308. The third kappa shape index (κ3) is 5.97. The zero-order valence-electron chi connectivity index (χ0n) is 14.8. The van der Waals surface area contributed by atoms with Crippen LogP contribution in [0.5, 0.6) is 5.75 Å². The number of methoxy groups -OCH3 is 1. The van der Waals surface area contributed by atoms with Gasteiger partial charge in [0.2, 0.25) is 5.91 Å². The summed E-state index contributed by atoms with van der Waals surface area (Å²) < 4.78 is 4.94. The highest BCUT2D eigenvalue weighted by atomic mass is 35.5. The molecular weight excluding hydrogens is 390 g/mol. The highest BCUT2D eigenvalue weighted by Gasteiger charge is 2.14. The fourth-order valence-electron chi connectivity index (χ4n) is 2.30. The molecule has 27 heavy (non-hydrogen) atoms. The van der Waals surface area contributed by atoms with E-state index < -0.39 is 4.92 Å². The van der Waals surface area contributed by atoms with E-state index in [4.69, 9.17) is 16.3 Å². The Labute approximate surface area is 165 Å². The van der Waals surface area contributed by atoms with E-state index >= 15 is 0 Å². The van der Waals surface area contributed by atoms with Gasteiger partial charge >= 0.3 is 5.69 Å². The molecule has 0 aromatic heterocycles. The van der Waals surface area contributed by atoms with Crippen molar-refractivity contribution in [2.75, 3.05) is 12.9 Å². The predicted octanol–water partition coefficient (Wildman–Crippen LogP) is 4.06. The third-order valence-electron chi connectivity index (χ3n) is 3.48. The van der Waals surface area contributed by atoms with E-state index in [0.29, 0.717) is 10.6 Å². The number of nitro groups is 1. The molecule has 0 bridgehead atoms. The molecule has 1 amide bonds. The van der Waals surface area contributed by atoms with Gasteiger partial charge in [0.25, 0.3) is 0 Å². The highest BCUT2D eigenvalue weighted by Crippen LogP contribution is 2.27. The summed E-state index contributed by atoms with van der Waals surface area (Å²) in [6.07, 6.45) is 1.47. The molecule has 0 saturated carbocycles. The number of nitrogens with one attached hydrogen (secondary N) is 1. The van der Waals surface area contributed by atoms with E-state index in [2.05, 4.69) is 10.5 Å². The minimum atomic E-state index is -0.541. The maximum atomic E-state index is 12.1. The van der Waals surface area contributed by atoms with E-state index in [9.17, 15) is 14.9 Å². The number of ether oxygens (including phenoxy) is 1. The van der Waals surface area contributed by atoms with Gasteiger partial charge in [-0.15, -0.1) is 11.8 Å². The molecule has 0 aliphatic carbocycles. The fraction of sp³-hybridized carbons (Fsp3) is 0.222.